The highest BCUT2D eigenvalue weighted by atomic mass is 35.5. The van der Waals surface area contributed by atoms with Crippen molar-refractivity contribution in [1.29, 1.82) is 0 Å². The Morgan fingerprint density at radius 3 is 2.70 bits per heavy atom. The Kier molecular flexibility index (Phi) is 5.47. The van der Waals surface area contributed by atoms with Crippen molar-refractivity contribution in [1.82, 2.24) is 5.32 Å². The molecule has 5 nitrogen and oxygen atoms in total. The van der Waals surface area contributed by atoms with Gasteiger partial charge >= 0.3 is 5.97 Å². The number of carbonyl (C=O) groups is 2. The van der Waals surface area contributed by atoms with Gasteiger partial charge in [0, 0.05) is 7.11 Å². The zero-order valence-electron chi connectivity index (χ0n) is 11.1. The molecule has 1 aromatic rings. The lowest BCUT2D eigenvalue weighted by atomic mass is 9.98. The fraction of sp³-hybridized carbons (Fsp3) is 0.385. The van der Waals surface area contributed by atoms with Gasteiger partial charge in [0.25, 0.3) is 5.91 Å². The summed E-state index contributed by atoms with van der Waals surface area (Å²) in [6, 6.07) is 3.83. The number of hydrogen-bond acceptors (Lipinski definition) is 3. The first-order chi connectivity index (χ1) is 9.29. The lowest BCUT2D eigenvalue weighted by Gasteiger charge is -2.28. The maximum atomic E-state index is 13.3. The third-order valence-electron chi connectivity index (χ3n) is 2.62. The van der Waals surface area contributed by atoms with Gasteiger partial charge < -0.3 is 15.2 Å². The molecule has 0 aromatic heterocycles. The Balaban J connectivity index is 2.96. The fourth-order valence-corrected chi connectivity index (χ4v) is 2.02. The summed E-state index contributed by atoms with van der Waals surface area (Å²) in [5.74, 6) is -2.46. The molecule has 0 aliphatic rings. The average molecular weight is 304 g/mol. The topological polar surface area (TPSA) is 75.6 Å². The zero-order valence-corrected chi connectivity index (χ0v) is 11.8. The van der Waals surface area contributed by atoms with Crippen molar-refractivity contribution in [2.24, 2.45) is 0 Å². The quantitative estimate of drug-likeness (QED) is 0.844. The molecule has 1 atom stereocenters. The number of hydrogen-bond donors (Lipinski definition) is 2. The Labute approximate surface area is 120 Å². The van der Waals surface area contributed by atoms with E-state index in [4.69, 9.17) is 21.4 Å². The Morgan fingerprint density at radius 1 is 1.50 bits per heavy atom. The van der Waals surface area contributed by atoms with E-state index in [0.717, 1.165) is 6.07 Å². The van der Waals surface area contributed by atoms with E-state index in [1.165, 1.54) is 26.2 Å². The maximum absolute atomic E-state index is 13.3. The summed E-state index contributed by atoms with van der Waals surface area (Å²) < 4.78 is 18.2. The van der Waals surface area contributed by atoms with Crippen molar-refractivity contribution < 1.29 is 23.8 Å². The minimum Gasteiger partial charge on any atom is -0.481 e. The minimum atomic E-state index is -1.12. The van der Waals surface area contributed by atoms with Gasteiger partial charge in [0.05, 0.1) is 29.2 Å². The van der Waals surface area contributed by atoms with Crippen LogP contribution in [0.2, 0.25) is 5.02 Å². The van der Waals surface area contributed by atoms with Gasteiger partial charge in [-0.3, -0.25) is 9.59 Å². The number of amides is 1. The van der Waals surface area contributed by atoms with Crippen molar-refractivity contribution >= 4 is 23.5 Å². The van der Waals surface area contributed by atoms with Gasteiger partial charge in [-0.15, -0.1) is 0 Å². The van der Waals surface area contributed by atoms with Crippen LogP contribution < -0.4 is 5.32 Å². The number of carboxylic acid groups (broad SMARTS) is 1. The van der Waals surface area contributed by atoms with Crippen LogP contribution in [-0.4, -0.2) is 36.2 Å². The highest BCUT2D eigenvalue weighted by molar-refractivity contribution is 6.34. The van der Waals surface area contributed by atoms with Crippen molar-refractivity contribution in [3.8, 4) is 0 Å². The molecule has 7 heteroatoms. The molecule has 0 aliphatic carbocycles. The molecule has 0 spiro atoms. The van der Waals surface area contributed by atoms with Crippen LogP contribution in [0.15, 0.2) is 18.2 Å². The summed E-state index contributed by atoms with van der Waals surface area (Å²) in [5.41, 5.74) is -1.17. The van der Waals surface area contributed by atoms with Gasteiger partial charge in [0.15, 0.2) is 0 Å². The summed E-state index contributed by atoms with van der Waals surface area (Å²) in [6.45, 7) is 1.52. The normalized spacial score (nSPS) is 13.6. The van der Waals surface area contributed by atoms with E-state index in [0.29, 0.717) is 0 Å². The first-order valence-electron chi connectivity index (χ1n) is 5.76. The number of benzene rings is 1. The molecule has 0 fully saturated rings. The zero-order chi connectivity index (χ0) is 15.3. The number of carboxylic acids is 1. The summed E-state index contributed by atoms with van der Waals surface area (Å²) in [6.07, 6.45) is -0.334. The van der Waals surface area contributed by atoms with Crippen molar-refractivity contribution in [3.05, 3.63) is 34.6 Å². The Bertz CT molecular complexity index is 523. The number of nitrogens with one attached hydrogen (secondary N) is 1. The predicted molar refractivity (Wildman–Crippen MR) is 71.4 cm³/mol. The summed E-state index contributed by atoms with van der Waals surface area (Å²) in [4.78, 5) is 22.9. The lowest BCUT2D eigenvalue weighted by Crippen LogP contribution is -2.50. The van der Waals surface area contributed by atoms with E-state index in [9.17, 15) is 14.0 Å². The van der Waals surface area contributed by atoms with Gasteiger partial charge in [0.2, 0.25) is 0 Å². The van der Waals surface area contributed by atoms with E-state index in [1.807, 2.05) is 0 Å². The van der Waals surface area contributed by atoms with Crippen LogP contribution in [0.4, 0.5) is 4.39 Å². The largest absolute Gasteiger partial charge is 0.481 e. The Hall–Kier alpha value is -1.66. The molecule has 0 heterocycles. The highest BCUT2D eigenvalue weighted by Crippen LogP contribution is 2.21. The number of carbonyl (C=O) groups excluding carboxylic acids is 1. The van der Waals surface area contributed by atoms with E-state index in [1.54, 1.807) is 0 Å². The van der Waals surface area contributed by atoms with E-state index in [2.05, 4.69) is 5.32 Å². The van der Waals surface area contributed by atoms with E-state index in [-0.39, 0.29) is 23.6 Å². The predicted octanol–water partition coefficient (Wildman–Crippen LogP) is 2.09. The molecule has 0 radical (unpaired) electrons. The number of rotatable bonds is 6. The molecule has 1 amide bonds. The van der Waals surface area contributed by atoms with Crippen molar-refractivity contribution in [2.75, 3.05) is 13.7 Å². The molecule has 1 rings (SSSR count). The minimum absolute atomic E-state index is 0.00201. The molecular formula is C13H15ClFNO4. The molecule has 0 saturated heterocycles. The second kappa shape index (κ2) is 6.67. The molecule has 2 N–H and O–H groups in total. The molecule has 110 valence electrons. The summed E-state index contributed by atoms with van der Waals surface area (Å²) >= 11 is 5.72. The molecule has 1 aromatic carbocycles. The van der Waals surface area contributed by atoms with Crippen LogP contribution in [-0.2, 0) is 9.53 Å². The molecular weight excluding hydrogens is 289 g/mol. The smallest absolute Gasteiger partial charge is 0.305 e. The highest BCUT2D eigenvalue weighted by Gasteiger charge is 2.30. The van der Waals surface area contributed by atoms with Gasteiger partial charge in [-0.2, -0.15) is 0 Å². The van der Waals surface area contributed by atoms with Crippen LogP contribution in [0.25, 0.3) is 0 Å². The molecule has 0 bridgehead atoms. The molecule has 0 saturated carbocycles. The van der Waals surface area contributed by atoms with Crippen molar-refractivity contribution in [3.63, 3.8) is 0 Å². The van der Waals surface area contributed by atoms with Gasteiger partial charge in [-0.05, 0) is 19.1 Å². The third kappa shape index (κ3) is 4.18. The van der Waals surface area contributed by atoms with Gasteiger partial charge in [0.1, 0.15) is 5.82 Å². The second-order valence-electron chi connectivity index (χ2n) is 4.62. The summed E-state index contributed by atoms with van der Waals surface area (Å²) in [7, 11) is 1.39. The third-order valence-corrected chi connectivity index (χ3v) is 3.00. The molecule has 20 heavy (non-hydrogen) atoms. The number of aliphatic carboxylic acids is 1. The number of ether oxygens (including phenoxy) is 1. The van der Waals surface area contributed by atoms with Crippen LogP contribution >= 0.6 is 11.6 Å². The van der Waals surface area contributed by atoms with E-state index >= 15 is 0 Å². The van der Waals surface area contributed by atoms with Crippen LogP contribution in [0.5, 0.6) is 0 Å². The average Bonchev–Trinajstić information content (AvgIpc) is 2.31. The number of halogens is 2. The Morgan fingerprint density at radius 2 is 2.15 bits per heavy atom. The lowest BCUT2D eigenvalue weighted by molar-refractivity contribution is -0.139. The maximum Gasteiger partial charge on any atom is 0.305 e. The standard InChI is InChI=1S/C13H15ClFNO4/c1-13(7-20-2,6-10(17)18)16-12(19)8-4-3-5-9(15)11(8)14/h3-5H,6-7H2,1-2H3,(H,16,19)(H,17,18). The van der Waals surface area contributed by atoms with Crippen LogP contribution in [0.1, 0.15) is 23.7 Å². The van der Waals surface area contributed by atoms with Gasteiger partial charge in [-0.1, -0.05) is 17.7 Å². The molecule has 0 aliphatic heterocycles. The fourth-order valence-electron chi connectivity index (χ4n) is 1.80. The van der Waals surface area contributed by atoms with Crippen molar-refractivity contribution in [2.45, 2.75) is 18.9 Å². The second-order valence-corrected chi connectivity index (χ2v) is 5.00. The first kappa shape index (κ1) is 16.4. The SMILES string of the molecule is COCC(C)(CC(=O)O)NC(=O)c1cccc(F)c1Cl. The van der Waals surface area contributed by atoms with Crippen LogP contribution in [0.3, 0.4) is 0 Å². The monoisotopic (exact) mass is 303 g/mol. The number of methoxy groups -OCH3 is 1. The molecule has 1 unspecified atom stereocenters. The first-order valence-corrected chi connectivity index (χ1v) is 6.14. The summed E-state index contributed by atoms with van der Waals surface area (Å²) in [5, 5.41) is 11.1. The van der Waals surface area contributed by atoms with E-state index < -0.39 is 23.2 Å². The van der Waals surface area contributed by atoms with Crippen LogP contribution in [0, 0.1) is 5.82 Å². The van der Waals surface area contributed by atoms with Gasteiger partial charge in [-0.25, -0.2) is 4.39 Å².